The molecule has 0 aliphatic rings. The van der Waals surface area contributed by atoms with Gasteiger partial charge in [-0.05, 0) is 46.7 Å². The van der Waals surface area contributed by atoms with Crippen LogP contribution in [-0.2, 0) is 6.42 Å². The quantitative estimate of drug-likeness (QED) is 0.919. The van der Waals surface area contributed by atoms with Crippen LogP contribution >= 0.6 is 15.9 Å². The highest BCUT2D eigenvalue weighted by molar-refractivity contribution is 9.10. The number of rotatable bonds is 5. The highest BCUT2D eigenvalue weighted by Gasteiger charge is 2.15. The summed E-state index contributed by atoms with van der Waals surface area (Å²) in [6, 6.07) is 10.0. The topological polar surface area (TPSA) is 38.1 Å². The number of nitrogens with zero attached hydrogens (tertiary/aromatic N) is 1. The molecular weight excluding hydrogens is 280 g/mol. The molecule has 0 saturated carbocycles. The molecule has 2 aromatic heterocycles. The average Bonchev–Trinajstić information content (AvgIpc) is 2.77. The Labute approximate surface area is 109 Å². The maximum Gasteiger partial charge on any atom is 0.169 e. The molecule has 3 nitrogen and oxygen atoms in total. The first-order valence-electron chi connectivity index (χ1n) is 5.68. The van der Waals surface area contributed by atoms with E-state index in [1.807, 2.05) is 36.5 Å². The van der Waals surface area contributed by atoms with E-state index in [0.717, 1.165) is 29.1 Å². The second-order valence-corrected chi connectivity index (χ2v) is 4.56. The summed E-state index contributed by atoms with van der Waals surface area (Å²) in [6.45, 7) is 2.99. The molecule has 0 saturated heterocycles. The van der Waals surface area contributed by atoms with Gasteiger partial charge in [-0.15, -0.1) is 0 Å². The molecule has 17 heavy (non-hydrogen) atoms. The van der Waals surface area contributed by atoms with Gasteiger partial charge in [0.2, 0.25) is 0 Å². The van der Waals surface area contributed by atoms with Crippen LogP contribution in [0.2, 0.25) is 0 Å². The van der Waals surface area contributed by atoms with Crippen molar-refractivity contribution in [2.45, 2.75) is 19.4 Å². The highest BCUT2D eigenvalue weighted by Crippen LogP contribution is 2.22. The SMILES string of the molecule is CCNC(Cc1ccccn1)c1ccc(Br)o1. The van der Waals surface area contributed by atoms with Crippen molar-refractivity contribution >= 4 is 15.9 Å². The summed E-state index contributed by atoms with van der Waals surface area (Å²) in [5.41, 5.74) is 1.06. The average molecular weight is 295 g/mol. The van der Waals surface area contributed by atoms with Gasteiger partial charge < -0.3 is 9.73 Å². The van der Waals surface area contributed by atoms with Crippen LogP contribution in [0.5, 0.6) is 0 Å². The smallest absolute Gasteiger partial charge is 0.169 e. The maximum atomic E-state index is 5.60. The van der Waals surface area contributed by atoms with Crippen LogP contribution in [0, 0.1) is 0 Å². The fourth-order valence-corrected chi connectivity index (χ4v) is 2.08. The second kappa shape index (κ2) is 5.98. The molecule has 4 heteroatoms. The second-order valence-electron chi connectivity index (χ2n) is 3.78. The minimum atomic E-state index is 0.168. The van der Waals surface area contributed by atoms with Crippen molar-refractivity contribution in [1.29, 1.82) is 0 Å². The molecule has 0 aromatic carbocycles. The zero-order valence-electron chi connectivity index (χ0n) is 9.69. The van der Waals surface area contributed by atoms with Gasteiger partial charge in [-0.1, -0.05) is 13.0 Å². The summed E-state index contributed by atoms with van der Waals surface area (Å²) < 4.78 is 6.36. The first-order valence-corrected chi connectivity index (χ1v) is 6.47. The Bertz CT molecular complexity index is 455. The Hall–Kier alpha value is -1.13. The molecule has 0 spiro atoms. The van der Waals surface area contributed by atoms with Crippen LogP contribution in [-0.4, -0.2) is 11.5 Å². The summed E-state index contributed by atoms with van der Waals surface area (Å²) >= 11 is 3.33. The van der Waals surface area contributed by atoms with Crippen molar-refractivity contribution < 1.29 is 4.42 Å². The predicted molar refractivity (Wildman–Crippen MR) is 70.8 cm³/mol. The van der Waals surface area contributed by atoms with Crippen molar-refractivity contribution in [3.63, 3.8) is 0 Å². The van der Waals surface area contributed by atoms with E-state index in [9.17, 15) is 0 Å². The molecule has 2 rings (SSSR count). The molecule has 2 heterocycles. The van der Waals surface area contributed by atoms with Crippen LogP contribution in [0.15, 0.2) is 45.6 Å². The van der Waals surface area contributed by atoms with E-state index < -0.39 is 0 Å². The van der Waals surface area contributed by atoms with Crippen LogP contribution in [0.3, 0.4) is 0 Å². The van der Waals surface area contributed by atoms with Gasteiger partial charge in [0.25, 0.3) is 0 Å². The van der Waals surface area contributed by atoms with Crippen LogP contribution < -0.4 is 5.32 Å². The minimum absolute atomic E-state index is 0.168. The summed E-state index contributed by atoms with van der Waals surface area (Å²) in [6.07, 6.45) is 2.64. The lowest BCUT2D eigenvalue weighted by Gasteiger charge is -2.14. The monoisotopic (exact) mass is 294 g/mol. The van der Waals surface area contributed by atoms with E-state index in [4.69, 9.17) is 4.42 Å². The fraction of sp³-hybridized carbons (Fsp3) is 0.308. The molecular formula is C13H15BrN2O. The number of pyridine rings is 1. The van der Waals surface area contributed by atoms with E-state index in [0.29, 0.717) is 0 Å². The van der Waals surface area contributed by atoms with Crippen molar-refractivity contribution in [2.24, 2.45) is 0 Å². The lowest BCUT2D eigenvalue weighted by molar-refractivity contribution is 0.403. The van der Waals surface area contributed by atoms with E-state index in [1.165, 1.54) is 0 Å². The van der Waals surface area contributed by atoms with Crippen LogP contribution in [0.25, 0.3) is 0 Å². The third kappa shape index (κ3) is 3.41. The third-order valence-corrected chi connectivity index (χ3v) is 2.95. The Kier molecular flexibility index (Phi) is 4.34. The zero-order valence-corrected chi connectivity index (χ0v) is 11.3. The maximum absolute atomic E-state index is 5.60. The van der Waals surface area contributed by atoms with Crippen molar-refractivity contribution in [1.82, 2.24) is 10.3 Å². The van der Waals surface area contributed by atoms with Crippen molar-refractivity contribution in [2.75, 3.05) is 6.54 Å². The molecule has 0 fully saturated rings. The van der Waals surface area contributed by atoms with Crippen LogP contribution in [0.4, 0.5) is 0 Å². The van der Waals surface area contributed by atoms with E-state index >= 15 is 0 Å². The van der Waals surface area contributed by atoms with Gasteiger partial charge in [0.1, 0.15) is 5.76 Å². The van der Waals surface area contributed by atoms with E-state index in [-0.39, 0.29) is 6.04 Å². The number of hydrogen-bond acceptors (Lipinski definition) is 3. The Morgan fingerprint density at radius 2 is 2.24 bits per heavy atom. The minimum Gasteiger partial charge on any atom is -0.453 e. The molecule has 0 aliphatic heterocycles. The molecule has 0 radical (unpaired) electrons. The number of hydrogen-bond donors (Lipinski definition) is 1. The summed E-state index contributed by atoms with van der Waals surface area (Å²) in [5, 5.41) is 3.41. The van der Waals surface area contributed by atoms with Crippen molar-refractivity contribution in [3.05, 3.63) is 52.7 Å². The van der Waals surface area contributed by atoms with Gasteiger partial charge >= 0.3 is 0 Å². The number of likely N-dealkylation sites (N-methyl/N-ethyl adjacent to an activating group) is 1. The molecule has 0 bridgehead atoms. The van der Waals surface area contributed by atoms with Gasteiger partial charge in [-0.2, -0.15) is 0 Å². The van der Waals surface area contributed by atoms with Crippen molar-refractivity contribution in [3.8, 4) is 0 Å². The van der Waals surface area contributed by atoms with Gasteiger partial charge in [-0.25, -0.2) is 0 Å². The first-order chi connectivity index (χ1) is 8.29. The zero-order chi connectivity index (χ0) is 12.1. The lowest BCUT2D eigenvalue weighted by Crippen LogP contribution is -2.22. The fourth-order valence-electron chi connectivity index (χ4n) is 1.76. The predicted octanol–water partition coefficient (Wildman–Crippen LogP) is 3.33. The van der Waals surface area contributed by atoms with Gasteiger partial charge in [-0.3, -0.25) is 4.98 Å². The lowest BCUT2D eigenvalue weighted by atomic mass is 10.1. The highest BCUT2D eigenvalue weighted by atomic mass is 79.9. The van der Waals surface area contributed by atoms with Crippen LogP contribution in [0.1, 0.15) is 24.4 Å². The molecule has 1 atom stereocenters. The molecule has 90 valence electrons. The first kappa shape index (κ1) is 12.3. The molecule has 1 unspecified atom stereocenters. The van der Waals surface area contributed by atoms with E-state index in [2.05, 4.69) is 33.2 Å². The third-order valence-electron chi connectivity index (χ3n) is 2.53. The van der Waals surface area contributed by atoms with Gasteiger partial charge in [0.15, 0.2) is 4.67 Å². The Morgan fingerprint density at radius 1 is 1.35 bits per heavy atom. The summed E-state index contributed by atoms with van der Waals surface area (Å²) in [7, 11) is 0. The normalized spacial score (nSPS) is 12.6. The van der Waals surface area contributed by atoms with Gasteiger partial charge in [0, 0.05) is 18.3 Å². The number of halogens is 1. The Balaban J connectivity index is 2.13. The number of aromatic nitrogens is 1. The van der Waals surface area contributed by atoms with Gasteiger partial charge in [0.05, 0.1) is 6.04 Å². The number of nitrogens with one attached hydrogen (secondary N) is 1. The van der Waals surface area contributed by atoms with E-state index in [1.54, 1.807) is 0 Å². The molecule has 2 aromatic rings. The summed E-state index contributed by atoms with van der Waals surface area (Å²) in [4.78, 5) is 4.34. The number of furan rings is 1. The Morgan fingerprint density at radius 3 is 2.82 bits per heavy atom. The largest absolute Gasteiger partial charge is 0.453 e. The molecule has 0 aliphatic carbocycles. The summed E-state index contributed by atoms with van der Waals surface area (Å²) in [5.74, 6) is 0.935. The standard InChI is InChI=1S/C13H15BrN2O/c1-2-15-11(12-6-7-13(14)17-12)9-10-5-3-4-8-16-10/h3-8,11,15H,2,9H2,1H3. The molecule has 1 N–H and O–H groups in total. The molecule has 0 amide bonds.